The normalized spacial score (nSPS) is 16.1. The SMILES string of the molecule is Cc1ccsc1/C=N\N1CCN(c2cccc[nH+]2)CC1. The predicted octanol–water partition coefficient (Wildman–Crippen LogP) is 2.03. The number of thiophene rings is 1. The van der Waals surface area contributed by atoms with Gasteiger partial charge >= 0.3 is 0 Å². The van der Waals surface area contributed by atoms with E-state index in [9.17, 15) is 0 Å². The second kappa shape index (κ2) is 6.05. The molecule has 0 radical (unpaired) electrons. The third-order valence-electron chi connectivity index (χ3n) is 3.53. The van der Waals surface area contributed by atoms with Crippen molar-refractivity contribution in [1.82, 2.24) is 5.01 Å². The van der Waals surface area contributed by atoms with Gasteiger partial charge in [0, 0.05) is 10.9 Å². The second-order valence-corrected chi connectivity index (χ2v) is 5.85. The summed E-state index contributed by atoms with van der Waals surface area (Å²) in [7, 11) is 0. The van der Waals surface area contributed by atoms with Crippen LogP contribution in [0.2, 0.25) is 0 Å². The molecule has 1 aliphatic rings. The minimum Gasteiger partial charge on any atom is -0.289 e. The van der Waals surface area contributed by atoms with Crippen LogP contribution in [0, 0.1) is 6.92 Å². The number of rotatable bonds is 3. The number of anilines is 1. The smallest absolute Gasteiger partial charge is 0.274 e. The second-order valence-electron chi connectivity index (χ2n) is 4.90. The summed E-state index contributed by atoms with van der Waals surface area (Å²) in [5, 5.41) is 8.86. The Bertz CT molecular complexity index is 571. The summed E-state index contributed by atoms with van der Waals surface area (Å²) in [6.45, 7) is 6.05. The molecule has 1 saturated heterocycles. The number of nitrogens with one attached hydrogen (secondary N) is 1. The highest BCUT2D eigenvalue weighted by atomic mass is 32.1. The monoisotopic (exact) mass is 287 g/mol. The topological polar surface area (TPSA) is 33.0 Å². The molecule has 0 aliphatic carbocycles. The van der Waals surface area contributed by atoms with E-state index < -0.39 is 0 Å². The molecule has 1 fully saturated rings. The number of aryl methyl sites for hydroxylation is 1. The predicted molar refractivity (Wildman–Crippen MR) is 83.4 cm³/mol. The molecule has 4 nitrogen and oxygen atoms in total. The van der Waals surface area contributed by atoms with Crippen LogP contribution in [0.3, 0.4) is 0 Å². The van der Waals surface area contributed by atoms with Crippen LogP contribution in [0.5, 0.6) is 0 Å². The molecule has 1 aliphatic heterocycles. The number of piperazine rings is 1. The van der Waals surface area contributed by atoms with Crippen molar-refractivity contribution in [3.63, 3.8) is 0 Å². The fourth-order valence-corrected chi connectivity index (χ4v) is 3.06. The zero-order chi connectivity index (χ0) is 13.8. The third-order valence-corrected chi connectivity index (χ3v) is 4.48. The molecule has 0 bridgehead atoms. The molecule has 3 rings (SSSR count). The first-order valence-corrected chi connectivity index (χ1v) is 7.75. The number of nitrogens with zero attached hydrogens (tertiary/aromatic N) is 3. The van der Waals surface area contributed by atoms with Crippen molar-refractivity contribution in [2.24, 2.45) is 5.10 Å². The van der Waals surface area contributed by atoms with Crippen molar-refractivity contribution in [3.8, 4) is 0 Å². The molecule has 2 aromatic rings. The van der Waals surface area contributed by atoms with E-state index in [1.807, 2.05) is 18.5 Å². The minimum atomic E-state index is 0.962. The molecular formula is C15H19N4S+. The summed E-state index contributed by atoms with van der Waals surface area (Å²) in [5.74, 6) is 1.19. The van der Waals surface area contributed by atoms with Crippen LogP contribution in [0.25, 0.3) is 0 Å². The highest BCUT2D eigenvalue weighted by Crippen LogP contribution is 2.14. The number of hydrogen-bond donors (Lipinski definition) is 0. The van der Waals surface area contributed by atoms with Gasteiger partial charge in [0.15, 0.2) is 0 Å². The van der Waals surface area contributed by atoms with Gasteiger partial charge in [-0.15, -0.1) is 11.3 Å². The van der Waals surface area contributed by atoms with E-state index in [2.05, 4.69) is 50.5 Å². The molecule has 3 heterocycles. The number of aromatic amines is 1. The minimum absolute atomic E-state index is 0.962. The standard InChI is InChI=1S/C15H18N4S/c1-13-5-11-20-14(13)12-17-19-9-7-18(8-10-19)15-4-2-3-6-16-15/h2-6,11-12H,7-10H2,1H3/p+1/b17-12-. The zero-order valence-electron chi connectivity index (χ0n) is 11.6. The van der Waals surface area contributed by atoms with Gasteiger partial charge in [0.1, 0.15) is 13.1 Å². The van der Waals surface area contributed by atoms with Crippen LogP contribution in [0.4, 0.5) is 5.82 Å². The van der Waals surface area contributed by atoms with Crippen molar-refractivity contribution in [3.05, 3.63) is 46.3 Å². The van der Waals surface area contributed by atoms with Gasteiger partial charge in [-0.3, -0.25) is 9.91 Å². The average Bonchev–Trinajstić information content (AvgIpc) is 2.92. The fourth-order valence-electron chi connectivity index (χ4n) is 2.28. The quantitative estimate of drug-likeness (QED) is 0.809. The first kappa shape index (κ1) is 13.1. The third kappa shape index (κ3) is 2.99. The number of H-pyrrole nitrogens is 1. The molecule has 0 amide bonds. The number of aromatic nitrogens is 1. The lowest BCUT2D eigenvalue weighted by Crippen LogP contribution is -2.45. The summed E-state index contributed by atoms with van der Waals surface area (Å²) in [4.78, 5) is 6.90. The van der Waals surface area contributed by atoms with Gasteiger partial charge in [0.2, 0.25) is 0 Å². The lowest BCUT2D eigenvalue weighted by atomic mass is 10.3. The van der Waals surface area contributed by atoms with Crippen LogP contribution in [-0.2, 0) is 0 Å². The van der Waals surface area contributed by atoms with Crippen LogP contribution >= 0.6 is 11.3 Å². The Morgan fingerprint density at radius 2 is 2.05 bits per heavy atom. The number of hydrogen-bond acceptors (Lipinski definition) is 4. The maximum absolute atomic E-state index is 4.60. The lowest BCUT2D eigenvalue weighted by Gasteiger charge is -2.28. The molecule has 1 N–H and O–H groups in total. The van der Waals surface area contributed by atoms with Gasteiger partial charge < -0.3 is 0 Å². The van der Waals surface area contributed by atoms with E-state index in [1.54, 1.807) is 11.3 Å². The van der Waals surface area contributed by atoms with Crippen molar-refractivity contribution in [1.29, 1.82) is 0 Å². The molecule has 104 valence electrons. The van der Waals surface area contributed by atoms with Crippen LogP contribution in [-0.4, -0.2) is 37.4 Å². The van der Waals surface area contributed by atoms with Gasteiger partial charge in [0.25, 0.3) is 5.82 Å². The number of hydrazone groups is 1. The van der Waals surface area contributed by atoms with Crippen LogP contribution in [0.1, 0.15) is 10.4 Å². The summed E-state index contributed by atoms with van der Waals surface area (Å²) in [6, 6.07) is 8.33. The van der Waals surface area contributed by atoms with E-state index in [1.165, 1.54) is 16.3 Å². The van der Waals surface area contributed by atoms with Gasteiger partial charge in [-0.2, -0.15) is 5.10 Å². The Balaban J connectivity index is 1.57. The molecule has 2 aromatic heterocycles. The van der Waals surface area contributed by atoms with Gasteiger partial charge in [-0.1, -0.05) is 6.07 Å². The molecule has 0 atom stereocenters. The lowest BCUT2D eigenvalue weighted by molar-refractivity contribution is -0.364. The van der Waals surface area contributed by atoms with E-state index in [0.717, 1.165) is 26.2 Å². The van der Waals surface area contributed by atoms with Gasteiger partial charge in [0.05, 0.1) is 25.5 Å². The van der Waals surface area contributed by atoms with Crippen LogP contribution in [0.15, 0.2) is 40.9 Å². The highest BCUT2D eigenvalue weighted by molar-refractivity contribution is 7.11. The summed E-state index contributed by atoms with van der Waals surface area (Å²) < 4.78 is 0. The molecule has 5 heteroatoms. The molecule has 0 aromatic carbocycles. The average molecular weight is 287 g/mol. The molecule has 20 heavy (non-hydrogen) atoms. The molecular weight excluding hydrogens is 268 g/mol. The van der Waals surface area contributed by atoms with Crippen LogP contribution < -0.4 is 9.88 Å². The summed E-state index contributed by atoms with van der Waals surface area (Å²) >= 11 is 1.74. The van der Waals surface area contributed by atoms with Crippen molar-refractivity contribution in [2.45, 2.75) is 6.92 Å². The fraction of sp³-hybridized carbons (Fsp3) is 0.333. The highest BCUT2D eigenvalue weighted by Gasteiger charge is 2.21. The summed E-state index contributed by atoms with van der Waals surface area (Å²) in [5.41, 5.74) is 1.30. The van der Waals surface area contributed by atoms with E-state index in [0.29, 0.717) is 0 Å². The van der Waals surface area contributed by atoms with E-state index >= 15 is 0 Å². The molecule has 0 unspecified atom stereocenters. The van der Waals surface area contributed by atoms with E-state index in [-0.39, 0.29) is 0 Å². The Morgan fingerprint density at radius 1 is 1.20 bits per heavy atom. The molecule has 0 saturated carbocycles. The van der Waals surface area contributed by atoms with Gasteiger partial charge in [-0.05, 0) is 30.0 Å². The Labute approximate surface area is 123 Å². The summed E-state index contributed by atoms with van der Waals surface area (Å²) in [6.07, 6.45) is 3.96. The van der Waals surface area contributed by atoms with E-state index in [4.69, 9.17) is 0 Å². The zero-order valence-corrected chi connectivity index (χ0v) is 12.4. The first-order valence-electron chi connectivity index (χ1n) is 6.87. The number of pyridine rings is 1. The Hall–Kier alpha value is -1.88. The largest absolute Gasteiger partial charge is 0.289 e. The Kier molecular flexibility index (Phi) is 3.97. The Morgan fingerprint density at radius 3 is 2.70 bits per heavy atom. The maximum Gasteiger partial charge on any atom is 0.274 e. The molecule has 0 spiro atoms. The van der Waals surface area contributed by atoms with Crippen molar-refractivity contribution in [2.75, 3.05) is 31.1 Å². The van der Waals surface area contributed by atoms with Gasteiger partial charge in [-0.25, -0.2) is 4.98 Å². The maximum atomic E-state index is 4.60. The van der Waals surface area contributed by atoms with Crippen molar-refractivity contribution < 1.29 is 4.98 Å². The first-order chi connectivity index (χ1) is 9.83. The van der Waals surface area contributed by atoms with Crippen molar-refractivity contribution >= 4 is 23.4 Å².